The number of likely N-dealkylation sites (tertiary alicyclic amines) is 1. The van der Waals surface area contributed by atoms with E-state index in [9.17, 15) is 0 Å². The lowest BCUT2D eigenvalue weighted by Gasteiger charge is -2.43. The monoisotopic (exact) mass is 371 g/mol. The molecule has 0 radical (unpaired) electrons. The smallest absolute Gasteiger partial charge is 0.0880 e. The van der Waals surface area contributed by atoms with Crippen LogP contribution < -0.4 is 10.2 Å². The number of rotatable bonds is 6. The Morgan fingerprint density at radius 3 is 2.48 bits per heavy atom. The Bertz CT molecular complexity index is 604. The molecule has 0 amide bonds. The number of aryl methyl sites for hydroxylation is 1. The van der Waals surface area contributed by atoms with Crippen LogP contribution >= 0.6 is 0 Å². The summed E-state index contributed by atoms with van der Waals surface area (Å²) in [4.78, 5) is 5.40. The van der Waals surface area contributed by atoms with E-state index in [0.717, 1.165) is 32.2 Å². The number of nitrogens with one attached hydrogen (secondary N) is 1. The molecule has 3 aliphatic rings. The topological polar surface area (TPSA) is 27.7 Å². The SMILES string of the molecule is CCCOC1CCC(N2CCC(N3CNc4ccc(CC)cc43)CC2)CC1. The Morgan fingerprint density at radius 1 is 1.00 bits per heavy atom. The zero-order chi connectivity index (χ0) is 18.6. The third-order valence-electron chi connectivity index (χ3n) is 6.88. The fraction of sp³-hybridized carbons (Fsp3) is 0.739. The third kappa shape index (κ3) is 4.27. The molecule has 2 aliphatic heterocycles. The number of benzene rings is 1. The molecule has 1 N–H and O–H groups in total. The van der Waals surface area contributed by atoms with Gasteiger partial charge in [0.05, 0.1) is 24.1 Å². The van der Waals surface area contributed by atoms with Crippen LogP contribution in [-0.2, 0) is 11.2 Å². The Labute approximate surface area is 165 Å². The van der Waals surface area contributed by atoms with E-state index >= 15 is 0 Å². The Hall–Kier alpha value is -1.26. The van der Waals surface area contributed by atoms with Gasteiger partial charge in [0.2, 0.25) is 0 Å². The minimum Gasteiger partial charge on any atom is -0.378 e. The van der Waals surface area contributed by atoms with Gasteiger partial charge in [-0.2, -0.15) is 0 Å². The average Bonchev–Trinajstić information content (AvgIpc) is 3.16. The zero-order valence-electron chi connectivity index (χ0n) is 17.3. The molecule has 0 aromatic heterocycles. The first-order valence-corrected chi connectivity index (χ1v) is 11.3. The van der Waals surface area contributed by atoms with Crippen LogP contribution in [0.25, 0.3) is 0 Å². The maximum atomic E-state index is 5.97. The molecule has 0 unspecified atom stereocenters. The van der Waals surface area contributed by atoms with Crippen molar-refractivity contribution < 1.29 is 4.74 Å². The molecule has 1 saturated heterocycles. The van der Waals surface area contributed by atoms with Crippen LogP contribution in [-0.4, -0.2) is 49.5 Å². The van der Waals surface area contributed by atoms with E-state index in [1.165, 1.54) is 68.6 Å². The van der Waals surface area contributed by atoms with Gasteiger partial charge in [-0.1, -0.05) is 19.9 Å². The molecule has 1 aromatic rings. The van der Waals surface area contributed by atoms with Gasteiger partial charge in [0.25, 0.3) is 0 Å². The quantitative estimate of drug-likeness (QED) is 0.788. The minimum absolute atomic E-state index is 0.527. The number of fused-ring (bicyclic) bond motifs is 1. The molecule has 0 atom stereocenters. The van der Waals surface area contributed by atoms with Crippen LogP contribution in [0, 0.1) is 0 Å². The van der Waals surface area contributed by atoms with Crippen molar-refractivity contribution in [2.75, 3.05) is 36.6 Å². The minimum atomic E-state index is 0.527. The molecule has 4 nitrogen and oxygen atoms in total. The van der Waals surface area contributed by atoms with Crippen LogP contribution in [0.5, 0.6) is 0 Å². The van der Waals surface area contributed by atoms with Gasteiger partial charge < -0.3 is 19.9 Å². The first kappa shape index (κ1) is 19.1. The Morgan fingerprint density at radius 2 is 1.78 bits per heavy atom. The summed E-state index contributed by atoms with van der Waals surface area (Å²) in [6.07, 6.45) is 10.5. The fourth-order valence-electron chi connectivity index (χ4n) is 5.19. The van der Waals surface area contributed by atoms with Crippen LogP contribution in [0.15, 0.2) is 18.2 Å². The van der Waals surface area contributed by atoms with Gasteiger partial charge in [0.15, 0.2) is 0 Å². The standard InChI is InChI=1S/C23H37N3O/c1-3-15-27-21-8-6-19(7-9-21)25-13-11-20(12-14-25)26-17-24-22-10-5-18(4-2)16-23(22)26/h5,10,16,19-21,24H,3-4,6-9,11-15,17H2,1-2H3. The summed E-state index contributed by atoms with van der Waals surface area (Å²) in [5, 5.41) is 3.59. The number of piperidine rings is 1. The molecule has 1 aromatic carbocycles. The summed E-state index contributed by atoms with van der Waals surface area (Å²) >= 11 is 0. The third-order valence-corrected chi connectivity index (χ3v) is 6.88. The van der Waals surface area contributed by atoms with Crippen molar-refractivity contribution in [3.8, 4) is 0 Å². The maximum absolute atomic E-state index is 5.97. The number of anilines is 2. The van der Waals surface area contributed by atoms with E-state index in [-0.39, 0.29) is 0 Å². The predicted octanol–water partition coefficient (Wildman–Crippen LogP) is 4.64. The van der Waals surface area contributed by atoms with Gasteiger partial charge in [0.1, 0.15) is 0 Å². The van der Waals surface area contributed by atoms with E-state index in [2.05, 4.69) is 47.2 Å². The largest absolute Gasteiger partial charge is 0.378 e. The van der Waals surface area contributed by atoms with Crippen molar-refractivity contribution in [2.24, 2.45) is 0 Å². The van der Waals surface area contributed by atoms with Crippen molar-refractivity contribution in [1.29, 1.82) is 0 Å². The molecule has 1 aliphatic carbocycles. The van der Waals surface area contributed by atoms with E-state index in [1.54, 1.807) is 0 Å². The molecular weight excluding hydrogens is 334 g/mol. The van der Waals surface area contributed by atoms with Crippen LogP contribution in [0.1, 0.15) is 64.4 Å². The summed E-state index contributed by atoms with van der Waals surface area (Å²) in [6.45, 7) is 8.88. The second kappa shape index (κ2) is 8.83. The number of hydrogen-bond acceptors (Lipinski definition) is 4. The molecule has 2 heterocycles. The molecule has 4 rings (SSSR count). The highest BCUT2D eigenvalue weighted by atomic mass is 16.5. The Kier molecular flexibility index (Phi) is 6.24. The first-order valence-electron chi connectivity index (χ1n) is 11.3. The van der Waals surface area contributed by atoms with Crippen LogP contribution in [0.3, 0.4) is 0 Å². The summed E-state index contributed by atoms with van der Waals surface area (Å²) in [7, 11) is 0. The molecule has 27 heavy (non-hydrogen) atoms. The fourth-order valence-corrected chi connectivity index (χ4v) is 5.19. The molecular formula is C23H37N3O. The number of nitrogens with zero attached hydrogens (tertiary/aromatic N) is 2. The van der Waals surface area contributed by atoms with E-state index in [1.807, 2.05) is 0 Å². The second-order valence-electron chi connectivity index (χ2n) is 8.58. The Balaban J connectivity index is 1.28. The first-order chi connectivity index (χ1) is 13.3. The lowest BCUT2D eigenvalue weighted by Crippen LogP contribution is -2.49. The highest BCUT2D eigenvalue weighted by Crippen LogP contribution is 2.36. The predicted molar refractivity (Wildman–Crippen MR) is 114 cm³/mol. The molecule has 0 spiro atoms. The summed E-state index contributed by atoms with van der Waals surface area (Å²) < 4.78 is 5.97. The average molecular weight is 372 g/mol. The summed E-state index contributed by atoms with van der Waals surface area (Å²) in [5.74, 6) is 0. The van der Waals surface area contributed by atoms with Gasteiger partial charge in [-0.3, -0.25) is 0 Å². The van der Waals surface area contributed by atoms with E-state index in [4.69, 9.17) is 4.74 Å². The van der Waals surface area contributed by atoms with Gasteiger partial charge in [-0.15, -0.1) is 0 Å². The number of ether oxygens (including phenoxy) is 1. The molecule has 1 saturated carbocycles. The highest BCUT2D eigenvalue weighted by Gasteiger charge is 2.33. The van der Waals surface area contributed by atoms with Crippen molar-refractivity contribution >= 4 is 11.4 Å². The lowest BCUT2D eigenvalue weighted by molar-refractivity contribution is 0.00388. The maximum Gasteiger partial charge on any atom is 0.0880 e. The molecule has 4 heteroatoms. The van der Waals surface area contributed by atoms with Gasteiger partial charge in [-0.05, 0) is 69.1 Å². The second-order valence-corrected chi connectivity index (χ2v) is 8.58. The number of hydrogen-bond donors (Lipinski definition) is 1. The van der Waals surface area contributed by atoms with E-state index < -0.39 is 0 Å². The van der Waals surface area contributed by atoms with Crippen molar-refractivity contribution in [1.82, 2.24) is 4.90 Å². The van der Waals surface area contributed by atoms with Crippen LogP contribution in [0.4, 0.5) is 11.4 Å². The molecule has 2 fully saturated rings. The zero-order valence-corrected chi connectivity index (χ0v) is 17.3. The van der Waals surface area contributed by atoms with Gasteiger partial charge >= 0.3 is 0 Å². The van der Waals surface area contributed by atoms with Crippen molar-refractivity contribution in [2.45, 2.75) is 83.4 Å². The van der Waals surface area contributed by atoms with Gasteiger partial charge in [-0.25, -0.2) is 0 Å². The normalized spacial score (nSPS) is 26.8. The molecule has 0 bridgehead atoms. The highest BCUT2D eigenvalue weighted by molar-refractivity contribution is 5.76. The van der Waals surface area contributed by atoms with Crippen molar-refractivity contribution in [3.05, 3.63) is 23.8 Å². The summed E-state index contributed by atoms with van der Waals surface area (Å²) in [5.41, 5.74) is 4.20. The van der Waals surface area contributed by atoms with Gasteiger partial charge in [0, 0.05) is 31.8 Å². The lowest BCUT2D eigenvalue weighted by atomic mass is 9.90. The van der Waals surface area contributed by atoms with Crippen molar-refractivity contribution in [3.63, 3.8) is 0 Å². The van der Waals surface area contributed by atoms with Crippen LogP contribution in [0.2, 0.25) is 0 Å². The van der Waals surface area contributed by atoms with E-state index in [0.29, 0.717) is 12.1 Å². The summed E-state index contributed by atoms with van der Waals surface area (Å²) in [6, 6.07) is 8.41. The molecule has 150 valence electrons.